The van der Waals surface area contributed by atoms with E-state index in [1.165, 1.54) is 0 Å². The molecule has 0 atom stereocenters. The molecule has 0 saturated heterocycles. The van der Waals surface area contributed by atoms with Crippen LogP contribution >= 0.6 is 0 Å². The second-order valence-corrected chi connectivity index (χ2v) is 2.47. The van der Waals surface area contributed by atoms with Gasteiger partial charge in [-0.05, 0) is 0 Å². The fourth-order valence-corrected chi connectivity index (χ4v) is 0. The van der Waals surface area contributed by atoms with Gasteiger partial charge in [0, 0.05) is 32.7 Å². The van der Waals surface area contributed by atoms with Gasteiger partial charge in [-0.3, -0.25) is 0 Å². The third-order valence-electron chi connectivity index (χ3n) is 0. The van der Waals surface area contributed by atoms with E-state index in [9.17, 15) is 0 Å². The predicted octanol–water partition coefficient (Wildman–Crippen LogP) is -3.15. The fraction of sp³-hybridized carbons (Fsp3) is 0. The quantitative estimate of drug-likeness (QED) is 0.350. The molecule has 0 aromatic carbocycles. The van der Waals surface area contributed by atoms with E-state index < -0.39 is 18.1 Å². The summed E-state index contributed by atoms with van der Waals surface area (Å²) in [6.45, 7) is 0. The Kier molecular flexibility index (Phi) is 17.5. The zero-order valence-corrected chi connectivity index (χ0v) is 7.27. The van der Waals surface area contributed by atoms with Gasteiger partial charge in [-0.25, -0.2) is 0 Å². The van der Waals surface area contributed by atoms with Crippen molar-refractivity contribution in [3.63, 3.8) is 0 Å². The maximum atomic E-state index is 7.38. The standard InChI is InChI=1S/Ba.4H2O.Ti.Y.2H/h;4*1H2;;;;/q;;;;;+4;;;/p-4. The van der Waals surface area contributed by atoms with Gasteiger partial charge in [0.05, 0.1) is 0 Å². The van der Waals surface area contributed by atoms with Crippen molar-refractivity contribution in [2.75, 3.05) is 0 Å². The van der Waals surface area contributed by atoms with Crippen LogP contribution in [0.1, 0.15) is 0 Å². The average Bonchev–Trinajstić information content (AvgIpc) is 0.722. The topological polar surface area (TPSA) is 80.9 Å². The van der Waals surface area contributed by atoms with Crippen LogP contribution < -0.4 is 0 Å². The summed E-state index contributed by atoms with van der Waals surface area (Å²) in [5.41, 5.74) is 0. The Morgan fingerprint density at radius 1 is 0.857 bits per heavy atom. The molecule has 0 unspecified atom stereocenters. The first-order valence-electron chi connectivity index (χ1n) is 0.894. The Balaban J connectivity index is -0.0000000800. The van der Waals surface area contributed by atoms with Crippen molar-refractivity contribution in [2.45, 2.75) is 0 Å². The Morgan fingerprint density at radius 2 is 0.857 bits per heavy atom. The maximum Gasteiger partial charge on any atom is 0 e. The molecule has 1 radical (unpaired) electrons. The zero-order chi connectivity index (χ0) is 4.50. The van der Waals surface area contributed by atoms with Crippen LogP contribution in [0.2, 0.25) is 0 Å². The molecule has 0 spiro atoms. The van der Waals surface area contributed by atoms with Crippen LogP contribution in [-0.2, 0) is 50.9 Å². The van der Waals surface area contributed by atoms with Gasteiger partial charge in [0.2, 0.25) is 0 Å². The van der Waals surface area contributed by atoms with E-state index in [0.717, 1.165) is 0 Å². The Morgan fingerprint density at radius 3 is 0.857 bits per heavy atom. The summed E-state index contributed by atoms with van der Waals surface area (Å²) < 4.78 is 29.5. The third kappa shape index (κ3) is 46.3. The Bertz CT molecular complexity index is 27.2. The van der Waals surface area contributed by atoms with Gasteiger partial charge in [0.1, 0.15) is 0 Å². The minimum absolute atomic E-state index is 0. The van der Waals surface area contributed by atoms with E-state index in [4.69, 9.17) is 14.8 Å². The van der Waals surface area contributed by atoms with Crippen molar-refractivity contribution in [3.8, 4) is 0 Å². The van der Waals surface area contributed by atoms with Crippen molar-refractivity contribution < 1.29 is 65.6 Å². The Labute approximate surface area is 112 Å². The van der Waals surface area contributed by atoms with E-state index in [2.05, 4.69) is 0 Å². The van der Waals surface area contributed by atoms with Crippen LogP contribution in [0.3, 0.4) is 0 Å². The van der Waals surface area contributed by atoms with E-state index in [1.54, 1.807) is 0 Å². The average molecular weight is 344 g/mol. The van der Waals surface area contributed by atoms with E-state index in [-0.39, 0.29) is 81.6 Å². The molecule has 4 N–H and O–H groups in total. The molecule has 7 heavy (non-hydrogen) atoms. The van der Waals surface area contributed by atoms with Crippen LogP contribution in [0.5, 0.6) is 0 Å². The van der Waals surface area contributed by atoms with Crippen LogP contribution in [0, 0.1) is 0 Å². The molecule has 0 aliphatic carbocycles. The second kappa shape index (κ2) is 7.34. The molecule has 0 heterocycles. The van der Waals surface area contributed by atoms with E-state index in [0.29, 0.717) is 0 Å². The Hall–Kier alpha value is 3.23. The van der Waals surface area contributed by atoms with Crippen molar-refractivity contribution in [2.24, 2.45) is 0 Å². The SMILES string of the molecule is [BaH2].[OH][Ti]([OH])([OH])[OH].[Y]. The minimum atomic E-state index is -5.00. The first kappa shape index (κ1) is 16.7. The number of hydrogen-bond donors (Lipinski definition) is 4. The molecule has 0 bridgehead atoms. The largest absolute Gasteiger partial charge is 0 e. The first-order valence-corrected chi connectivity index (χ1v) is 3.69. The second-order valence-electron chi connectivity index (χ2n) is 0.600. The monoisotopic (exact) mass is 345 g/mol. The van der Waals surface area contributed by atoms with Crippen LogP contribution in [0.4, 0.5) is 0 Å². The molecule has 0 aliphatic rings. The molecule has 0 aromatic heterocycles. The van der Waals surface area contributed by atoms with Crippen molar-refractivity contribution in [1.29, 1.82) is 0 Å². The van der Waals surface area contributed by atoms with Gasteiger partial charge in [-0.15, -0.1) is 0 Å². The van der Waals surface area contributed by atoms with Crippen molar-refractivity contribution in [1.82, 2.24) is 0 Å². The predicted molar refractivity (Wildman–Crippen MR) is 17.4 cm³/mol. The summed E-state index contributed by atoms with van der Waals surface area (Å²) in [4.78, 5) is 0. The van der Waals surface area contributed by atoms with Crippen molar-refractivity contribution in [3.05, 3.63) is 0 Å². The molecular weight excluding hydrogens is 338 g/mol. The van der Waals surface area contributed by atoms with Gasteiger partial charge < -0.3 is 0 Å². The van der Waals surface area contributed by atoms with Gasteiger partial charge in [-0.1, -0.05) is 0 Å². The molecule has 0 aromatic rings. The summed E-state index contributed by atoms with van der Waals surface area (Å²) in [5.74, 6) is 0. The molecule has 39 valence electrons. The molecule has 0 fully saturated rings. The van der Waals surface area contributed by atoms with Gasteiger partial charge in [0.15, 0.2) is 0 Å². The van der Waals surface area contributed by atoms with Crippen molar-refractivity contribution >= 4 is 48.9 Å². The summed E-state index contributed by atoms with van der Waals surface area (Å²) >= 11 is -5.00. The molecule has 4 nitrogen and oxygen atoms in total. The van der Waals surface area contributed by atoms with Gasteiger partial charge in [-0.2, -0.15) is 0 Å². The van der Waals surface area contributed by atoms with Crippen LogP contribution in [-0.4, -0.2) is 63.6 Å². The molecule has 7 heteroatoms. The number of rotatable bonds is 0. The van der Waals surface area contributed by atoms with E-state index >= 15 is 0 Å². The third-order valence-corrected chi connectivity index (χ3v) is 0. The zero-order valence-electron chi connectivity index (χ0n) is 2.87. The minimum Gasteiger partial charge on any atom is 0 e. The van der Waals surface area contributed by atoms with Gasteiger partial charge >= 0.3 is 81.8 Å². The molecule has 0 rings (SSSR count). The van der Waals surface area contributed by atoms with Gasteiger partial charge in [0.25, 0.3) is 0 Å². The smallest absolute Gasteiger partial charge is 0 e. The molecular formula is H6BaO4TiY. The molecule has 0 saturated carbocycles. The first-order chi connectivity index (χ1) is 2.00. The van der Waals surface area contributed by atoms with Crippen LogP contribution in [0.25, 0.3) is 0 Å². The maximum absolute atomic E-state index is 7.38. The summed E-state index contributed by atoms with van der Waals surface area (Å²) in [5, 5.41) is 0. The number of hydrogen-bond acceptors (Lipinski definition) is 4. The van der Waals surface area contributed by atoms with E-state index in [1.807, 2.05) is 0 Å². The molecule has 0 amide bonds. The summed E-state index contributed by atoms with van der Waals surface area (Å²) in [6, 6.07) is 0. The normalized spacial score (nSPS) is 8.57. The summed E-state index contributed by atoms with van der Waals surface area (Å²) in [6.07, 6.45) is 0. The molecule has 0 aliphatic heterocycles. The summed E-state index contributed by atoms with van der Waals surface area (Å²) in [7, 11) is 0. The van der Waals surface area contributed by atoms with Crippen LogP contribution in [0.15, 0.2) is 0 Å². The fourth-order valence-electron chi connectivity index (χ4n) is 0.